The highest BCUT2D eigenvalue weighted by molar-refractivity contribution is 6.22. The minimum atomic E-state index is -0.364. The number of aliphatic hydroxyl groups excluding tert-OH is 1. The summed E-state index contributed by atoms with van der Waals surface area (Å²) >= 11 is 0. The van der Waals surface area contributed by atoms with Crippen molar-refractivity contribution in [3.63, 3.8) is 0 Å². The van der Waals surface area contributed by atoms with E-state index in [1.165, 1.54) is 12.3 Å². The van der Waals surface area contributed by atoms with E-state index in [0.29, 0.717) is 29.3 Å². The van der Waals surface area contributed by atoms with E-state index in [1.54, 1.807) is 36.7 Å². The maximum absolute atomic E-state index is 14.1. The second kappa shape index (κ2) is 9.52. The van der Waals surface area contributed by atoms with Crippen molar-refractivity contribution in [2.75, 3.05) is 11.9 Å². The third kappa shape index (κ3) is 4.73. The predicted molar refractivity (Wildman–Crippen MR) is 120 cm³/mol. The van der Waals surface area contributed by atoms with Gasteiger partial charge >= 0.3 is 0 Å². The van der Waals surface area contributed by atoms with Crippen LogP contribution in [0.2, 0.25) is 0 Å². The smallest absolute Gasteiger partial charge is 0.228 e. The Balaban J connectivity index is 1.60. The van der Waals surface area contributed by atoms with Crippen molar-refractivity contribution in [1.82, 2.24) is 19.7 Å². The molecule has 0 bridgehead atoms. The molecular formula is C23H23FN6O2. The molecule has 164 valence electrons. The zero-order chi connectivity index (χ0) is 22.5. The molecule has 1 atom stereocenters. The summed E-state index contributed by atoms with van der Waals surface area (Å²) in [7, 11) is 0. The molecule has 4 aromatic rings. The molecule has 0 aliphatic carbocycles. The van der Waals surface area contributed by atoms with E-state index in [1.807, 2.05) is 23.8 Å². The van der Waals surface area contributed by atoms with Crippen molar-refractivity contribution in [3.05, 3.63) is 78.3 Å². The predicted octanol–water partition coefficient (Wildman–Crippen LogP) is 3.90. The van der Waals surface area contributed by atoms with E-state index in [4.69, 9.17) is 9.93 Å². The Morgan fingerprint density at radius 1 is 1.31 bits per heavy atom. The maximum atomic E-state index is 14.1. The molecule has 4 rings (SSSR count). The van der Waals surface area contributed by atoms with Gasteiger partial charge in [0.1, 0.15) is 23.4 Å². The first-order valence-corrected chi connectivity index (χ1v) is 10.2. The summed E-state index contributed by atoms with van der Waals surface area (Å²) in [6.07, 6.45) is 6.70. The van der Waals surface area contributed by atoms with Gasteiger partial charge < -0.3 is 24.9 Å². The number of fused-ring (bicyclic) bond motifs is 1. The minimum Gasteiger partial charge on any atom is -0.396 e. The monoisotopic (exact) mass is 434 g/mol. The number of rotatable bonds is 9. The molecule has 0 aliphatic rings. The summed E-state index contributed by atoms with van der Waals surface area (Å²) in [5, 5.41) is 25.7. The summed E-state index contributed by atoms with van der Waals surface area (Å²) in [5.41, 5.74) is 2.20. The third-order valence-corrected chi connectivity index (χ3v) is 5.03. The van der Waals surface area contributed by atoms with Gasteiger partial charge in [0.05, 0.1) is 0 Å². The number of hydrogen-bond donors (Lipinski definition) is 3. The highest BCUT2D eigenvalue weighted by atomic mass is 19.1. The highest BCUT2D eigenvalue weighted by Crippen LogP contribution is 2.20. The maximum Gasteiger partial charge on any atom is 0.228 e. The summed E-state index contributed by atoms with van der Waals surface area (Å²) in [5.74, 6) is 0.0691. The topological polar surface area (TPSA) is 113 Å². The highest BCUT2D eigenvalue weighted by Gasteiger charge is 2.15. The van der Waals surface area contributed by atoms with E-state index < -0.39 is 0 Å². The number of aromatic nitrogens is 4. The molecule has 1 aromatic carbocycles. The molecule has 0 saturated heterocycles. The molecule has 0 saturated carbocycles. The van der Waals surface area contributed by atoms with Crippen LogP contribution in [-0.2, 0) is 13.0 Å². The molecule has 3 N–H and O–H groups in total. The number of anilines is 1. The summed E-state index contributed by atoms with van der Waals surface area (Å²) in [4.78, 5) is 8.90. The Morgan fingerprint density at radius 2 is 2.16 bits per heavy atom. The summed E-state index contributed by atoms with van der Waals surface area (Å²) in [6.45, 7) is 2.67. The Labute approximate surface area is 183 Å². The first-order valence-electron chi connectivity index (χ1n) is 10.2. The third-order valence-electron chi connectivity index (χ3n) is 5.03. The van der Waals surface area contributed by atoms with Crippen molar-refractivity contribution < 1.29 is 14.0 Å². The molecule has 9 heteroatoms. The van der Waals surface area contributed by atoms with Gasteiger partial charge in [-0.05, 0) is 23.6 Å². The molecule has 0 radical (unpaired) electrons. The second-order valence-corrected chi connectivity index (χ2v) is 7.56. The van der Waals surface area contributed by atoms with Gasteiger partial charge in [-0.1, -0.05) is 30.3 Å². The number of halogens is 1. The van der Waals surface area contributed by atoms with Crippen LogP contribution in [0, 0.1) is 17.1 Å². The van der Waals surface area contributed by atoms with Crippen molar-refractivity contribution in [2.45, 2.75) is 19.9 Å². The molecule has 3 aromatic heterocycles. The standard InChI is InChI=1S/C23H23FN6O2/c1-15(14-31)13-30-8-6-17-11-26-23(28-22(17)30)27-12-18(21-7-9-32-29-21)20(25)10-16-4-2-3-5-19(16)24/h2-9,11-12,15,25,31H,10,13-14H2,1H3,(H,26,27,28)/b18-12+,25-20?. The molecular weight excluding hydrogens is 411 g/mol. The number of benzene rings is 1. The molecule has 0 spiro atoms. The number of allylic oxidation sites excluding steroid dienone is 1. The molecule has 0 fully saturated rings. The average molecular weight is 434 g/mol. The summed E-state index contributed by atoms with van der Waals surface area (Å²) in [6, 6.07) is 9.92. The van der Waals surface area contributed by atoms with Crippen LogP contribution < -0.4 is 5.32 Å². The first kappa shape index (κ1) is 21.4. The Kier molecular flexibility index (Phi) is 6.37. The Hall–Kier alpha value is -3.85. The van der Waals surface area contributed by atoms with E-state index >= 15 is 0 Å². The van der Waals surface area contributed by atoms with Crippen LogP contribution in [0.3, 0.4) is 0 Å². The molecule has 8 nitrogen and oxygen atoms in total. The zero-order valence-corrected chi connectivity index (χ0v) is 17.5. The molecule has 1 unspecified atom stereocenters. The van der Waals surface area contributed by atoms with Gasteiger partial charge in [0.25, 0.3) is 0 Å². The van der Waals surface area contributed by atoms with Gasteiger partial charge in [0.15, 0.2) is 0 Å². The van der Waals surface area contributed by atoms with Crippen LogP contribution >= 0.6 is 0 Å². The molecule has 0 amide bonds. The lowest BCUT2D eigenvalue weighted by Crippen LogP contribution is -2.11. The van der Waals surface area contributed by atoms with Gasteiger partial charge in [-0.2, -0.15) is 4.98 Å². The number of nitrogens with zero attached hydrogens (tertiary/aromatic N) is 4. The Morgan fingerprint density at radius 3 is 2.91 bits per heavy atom. The van der Waals surface area contributed by atoms with Crippen LogP contribution in [0.1, 0.15) is 18.2 Å². The van der Waals surface area contributed by atoms with Gasteiger partial charge in [0.2, 0.25) is 5.95 Å². The SMILES string of the molecule is CC(CO)Cn1ccc2cnc(N/C=C(\C(=N)Cc3ccccc3F)c3ccon3)nc21. The van der Waals surface area contributed by atoms with E-state index in [-0.39, 0.29) is 30.5 Å². The number of hydrogen-bond acceptors (Lipinski definition) is 7. The van der Waals surface area contributed by atoms with Crippen LogP contribution in [0.15, 0.2) is 65.8 Å². The van der Waals surface area contributed by atoms with Gasteiger partial charge in [0, 0.05) is 60.9 Å². The average Bonchev–Trinajstić information content (AvgIpc) is 3.46. The van der Waals surface area contributed by atoms with Crippen molar-refractivity contribution in [1.29, 1.82) is 5.41 Å². The minimum absolute atomic E-state index is 0.0871. The fourth-order valence-corrected chi connectivity index (χ4v) is 3.31. The normalized spacial score (nSPS) is 12.8. The zero-order valence-electron chi connectivity index (χ0n) is 17.5. The van der Waals surface area contributed by atoms with Crippen molar-refractivity contribution in [2.24, 2.45) is 5.92 Å². The lowest BCUT2D eigenvalue weighted by molar-refractivity contribution is 0.224. The van der Waals surface area contributed by atoms with Gasteiger partial charge in [-0.15, -0.1) is 0 Å². The fourth-order valence-electron chi connectivity index (χ4n) is 3.31. The van der Waals surface area contributed by atoms with Gasteiger partial charge in [-0.3, -0.25) is 0 Å². The van der Waals surface area contributed by atoms with Crippen LogP contribution in [-0.4, -0.2) is 37.1 Å². The quantitative estimate of drug-likeness (QED) is 0.344. The van der Waals surface area contributed by atoms with E-state index in [0.717, 1.165) is 11.0 Å². The first-order chi connectivity index (χ1) is 15.5. The Bertz CT molecular complexity index is 1250. The van der Waals surface area contributed by atoms with E-state index in [2.05, 4.69) is 20.4 Å². The molecule has 0 aliphatic heterocycles. The molecule has 32 heavy (non-hydrogen) atoms. The number of nitrogens with one attached hydrogen (secondary N) is 2. The van der Waals surface area contributed by atoms with Crippen LogP contribution in [0.25, 0.3) is 16.6 Å². The molecule has 3 heterocycles. The largest absolute Gasteiger partial charge is 0.396 e. The van der Waals surface area contributed by atoms with Crippen molar-refractivity contribution in [3.8, 4) is 0 Å². The van der Waals surface area contributed by atoms with Crippen molar-refractivity contribution >= 4 is 28.3 Å². The number of aliphatic hydroxyl groups is 1. The fraction of sp³-hybridized carbons (Fsp3) is 0.217. The van der Waals surface area contributed by atoms with E-state index in [9.17, 15) is 9.50 Å². The lowest BCUT2D eigenvalue weighted by atomic mass is 10.0. The second-order valence-electron chi connectivity index (χ2n) is 7.56. The lowest BCUT2D eigenvalue weighted by Gasteiger charge is -2.11. The van der Waals surface area contributed by atoms with Crippen LogP contribution in [0.5, 0.6) is 0 Å². The van der Waals surface area contributed by atoms with Gasteiger partial charge in [-0.25, -0.2) is 9.37 Å². The van der Waals surface area contributed by atoms with Crippen LogP contribution in [0.4, 0.5) is 10.3 Å². The summed E-state index contributed by atoms with van der Waals surface area (Å²) < 4.78 is 21.0.